The molecule has 1 N–H and O–H groups in total. The molecule has 0 atom stereocenters. The highest BCUT2D eigenvalue weighted by atomic mass is 16.5. The van der Waals surface area contributed by atoms with Gasteiger partial charge in [-0.25, -0.2) is 14.2 Å². The molecule has 0 bridgehead atoms. The van der Waals surface area contributed by atoms with Crippen LogP contribution < -0.4 is 23.7 Å². The number of phenols is 1. The van der Waals surface area contributed by atoms with Crippen LogP contribution in [0.3, 0.4) is 0 Å². The molecule has 8 heteroatoms. The minimum Gasteiger partial charge on any atom is -0.508 e. The summed E-state index contributed by atoms with van der Waals surface area (Å²) in [6, 6.07) is 18.4. The van der Waals surface area contributed by atoms with Crippen LogP contribution in [0, 0.1) is 20.8 Å². The highest BCUT2D eigenvalue weighted by Crippen LogP contribution is 2.34. The van der Waals surface area contributed by atoms with E-state index in [1.54, 1.807) is 44.2 Å². The summed E-state index contributed by atoms with van der Waals surface area (Å²) in [5, 5.41) is 9.44. The Labute approximate surface area is 234 Å². The van der Waals surface area contributed by atoms with Gasteiger partial charge in [-0.15, -0.1) is 0 Å². The molecule has 0 aliphatic rings. The second-order valence-corrected chi connectivity index (χ2v) is 9.66. The van der Waals surface area contributed by atoms with Gasteiger partial charge in [0.2, 0.25) is 0 Å². The van der Waals surface area contributed by atoms with E-state index in [2.05, 4.69) is 0 Å². The number of aryl methyl sites for hydroxylation is 1. The van der Waals surface area contributed by atoms with Crippen LogP contribution >= 0.6 is 0 Å². The summed E-state index contributed by atoms with van der Waals surface area (Å²) < 4.78 is 19.2. The van der Waals surface area contributed by atoms with E-state index < -0.39 is 11.9 Å². The molecule has 0 unspecified atom stereocenters. The van der Waals surface area contributed by atoms with Crippen molar-refractivity contribution in [3.05, 3.63) is 107 Å². The van der Waals surface area contributed by atoms with Gasteiger partial charge in [-0.2, -0.15) is 0 Å². The third-order valence-corrected chi connectivity index (χ3v) is 6.58. The van der Waals surface area contributed by atoms with Crippen LogP contribution in [-0.2, 0) is 6.54 Å². The van der Waals surface area contributed by atoms with Crippen molar-refractivity contribution in [3.63, 3.8) is 0 Å². The number of carbonyl (C=O) groups excluding carboxylic acids is 2. The van der Waals surface area contributed by atoms with E-state index in [1.807, 2.05) is 55.0 Å². The lowest BCUT2D eigenvalue weighted by atomic mass is 10.0. The Bertz CT molecular complexity index is 1490. The average Bonchev–Trinajstić information content (AvgIpc) is 2.94. The van der Waals surface area contributed by atoms with E-state index >= 15 is 0 Å². The second-order valence-electron chi connectivity index (χ2n) is 9.66. The maximum absolute atomic E-state index is 12.9. The fourth-order valence-electron chi connectivity index (χ4n) is 4.05. The van der Waals surface area contributed by atoms with Gasteiger partial charge in [0.25, 0.3) is 0 Å². The Morgan fingerprint density at radius 2 is 1.38 bits per heavy atom. The molecular formula is C32H33N2O6+. The molecule has 0 fully saturated rings. The molecule has 206 valence electrons. The summed E-state index contributed by atoms with van der Waals surface area (Å²) in [5.41, 5.74) is 3.86. The van der Waals surface area contributed by atoms with Crippen LogP contribution in [0.2, 0.25) is 0 Å². The molecule has 1 heterocycles. The van der Waals surface area contributed by atoms with E-state index in [9.17, 15) is 14.7 Å². The van der Waals surface area contributed by atoms with Gasteiger partial charge in [-0.1, -0.05) is 0 Å². The number of anilines is 1. The predicted molar refractivity (Wildman–Crippen MR) is 152 cm³/mol. The molecule has 0 saturated heterocycles. The molecule has 8 nitrogen and oxygen atoms in total. The smallest absolute Gasteiger partial charge is 0.343 e. The standard InChI is InChI=1S/C32H32N2O6/c1-21-20-29(39-31(36)24-6-10-27(35)11-7-24)22(2)23(3)30(21)40-32(37)25-8-12-28(13-9-25)38-19-18-34-16-14-26(15-17-34)33(4)5/h6-17,20H,18-19H2,1-5H3/p+1. The SMILES string of the molecule is Cc1cc(OC(=O)c2ccc(O)cc2)c(C)c(C)c1OC(=O)c1ccc(OCC[n+]2ccc(N(C)C)cc2)cc1. The molecule has 4 rings (SSSR count). The third-order valence-electron chi connectivity index (χ3n) is 6.58. The number of esters is 2. The molecule has 0 radical (unpaired) electrons. The molecule has 0 amide bonds. The minimum atomic E-state index is -0.546. The fourth-order valence-corrected chi connectivity index (χ4v) is 4.05. The summed E-state index contributed by atoms with van der Waals surface area (Å²) in [4.78, 5) is 27.5. The van der Waals surface area contributed by atoms with Gasteiger partial charge < -0.3 is 24.2 Å². The van der Waals surface area contributed by atoms with Crippen molar-refractivity contribution in [2.45, 2.75) is 27.3 Å². The number of phenolic OH excluding ortho intramolecular Hbond substituents is 1. The van der Waals surface area contributed by atoms with Crippen LogP contribution in [0.4, 0.5) is 5.69 Å². The van der Waals surface area contributed by atoms with Crippen molar-refractivity contribution in [3.8, 4) is 23.0 Å². The lowest BCUT2D eigenvalue weighted by Crippen LogP contribution is -2.35. The van der Waals surface area contributed by atoms with Gasteiger partial charge in [-0.3, -0.25) is 0 Å². The lowest BCUT2D eigenvalue weighted by Gasteiger charge is -2.16. The summed E-state index contributed by atoms with van der Waals surface area (Å²) in [7, 11) is 4.00. The zero-order valence-electron chi connectivity index (χ0n) is 23.3. The molecule has 4 aromatic rings. The maximum atomic E-state index is 12.9. The van der Waals surface area contributed by atoms with Gasteiger partial charge in [0.1, 0.15) is 29.6 Å². The molecular weight excluding hydrogens is 508 g/mol. The first-order valence-electron chi connectivity index (χ1n) is 12.9. The quantitative estimate of drug-likeness (QED) is 0.177. The van der Waals surface area contributed by atoms with E-state index in [1.165, 1.54) is 24.3 Å². The normalized spacial score (nSPS) is 10.6. The average molecular weight is 542 g/mol. The van der Waals surface area contributed by atoms with Crippen LogP contribution in [0.25, 0.3) is 0 Å². The Kier molecular flexibility index (Phi) is 8.69. The van der Waals surface area contributed by atoms with Crippen molar-refractivity contribution in [1.29, 1.82) is 0 Å². The zero-order valence-corrected chi connectivity index (χ0v) is 23.3. The summed E-state index contributed by atoms with van der Waals surface area (Å²) in [6.07, 6.45) is 4.02. The molecule has 40 heavy (non-hydrogen) atoms. The lowest BCUT2D eigenvalue weighted by molar-refractivity contribution is -0.697. The minimum absolute atomic E-state index is 0.0637. The zero-order chi connectivity index (χ0) is 28.8. The van der Waals surface area contributed by atoms with Gasteiger partial charge in [0.15, 0.2) is 18.9 Å². The number of hydrogen-bond acceptors (Lipinski definition) is 7. The predicted octanol–water partition coefficient (Wildman–Crippen LogP) is 5.19. The first kappa shape index (κ1) is 28.2. The van der Waals surface area contributed by atoms with Gasteiger partial charge >= 0.3 is 11.9 Å². The first-order chi connectivity index (χ1) is 19.1. The summed E-state index contributed by atoms with van der Waals surface area (Å²) >= 11 is 0. The van der Waals surface area contributed by atoms with Crippen molar-refractivity contribution in [1.82, 2.24) is 0 Å². The van der Waals surface area contributed by atoms with Crippen molar-refractivity contribution in [2.24, 2.45) is 0 Å². The highest BCUT2D eigenvalue weighted by molar-refractivity contribution is 5.92. The number of rotatable bonds is 9. The number of benzene rings is 3. The number of hydrogen-bond donors (Lipinski definition) is 1. The third kappa shape index (κ3) is 6.77. The van der Waals surface area contributed by atoms with Crippen LogP contribution in [-0.4, -0.2) is 37.7 Å². The van der Waals surface area contributed by atoms with E-state index in [0.717, 1.165) is 5.69 Å². The number of aromatic nitrogens is 1. The maximum Gasteiger partial charge on any atom is 0.343 e. The fraction of sp³-hybridized carbons (Fsp3) is 0.219. The molecule has 0 aliphatic carbocycles. The molecule has 0 spiro atoms. The Morgan fingerprint density at radius 3 is 1.98 bits per heavy atom. The van der Waals surface area contributed by atoms with Gasteiger partial charge in [0.05, 0.1) is 11.1 Å². The molecule has 1 aromatic heterocycles. The van der Waals surface area contributed by atoms with Crippen molar-refractivity contribution >= 4 is 17.6 Å². The van der Waals surface area contributed by atoms with Crippen molar-refractivity contribution in [2.75, 3.05) is 25.6 Å². The topological polar surface area (TPSA) is 89.2 Å². The number of ether oxygens (including phenoxy) is 3. The summed E-state index contributed by atoms with van der Waals surface area (Å²) in [5.74, 6) is 0.474. The van der Waals surface area contributed by atoms with E-state index in [0.29, 0.717) is 58.2 Å². The monoisotopic (exact) mass is 541 g/mol. The molecule has 3 aromatic carbocycles. The molecule has 0 aliphatic heterocycles. The number of aromatic hydroxyl groups is 1. The van der Waals surface area contributed by atoms with Crippen molar-refractivity contribution < 1.29 is 33.5 Å². The number of carbonyl (C=O) groups is 2. The second kappa shape index (κ2) is 12.3. The van der Waals surface area contributed by atoms with E-state index in [-0.39, 0.29) is 5.75 Å². The Balaban J connectivity index is 1.36. The van der Waals surface area contributed by atoms with Crippen LogP contribution in [0.1, 0.15) is 37.4 Å². The first-order valence-corrected chi connectivity index (χ1v) is 12.9. The Morgan fingerprint density at radius 1 is 0.800 bits per heavy atom. The summed E-state index contributed by atoms with van der Waals surface area (Å²) in [6.45, 7) is 6.57. The largest absolute Gasteiger partial charge is 0.508 e. The highest BCUT2D eigenvalue weighted by Gasteiger charge is 2.19. The number of nitrogens with zero attached hydrogens (tertiary/aromatic N) is 2. The number of pyridine rings is 1. The van der Waals surface area contributed by atoms with Crippen LogP contribution in [0.15, 0.2) is 79.1 Å². The van der Waals surface area contributed by atoms with Gasteiger partial charge in [0, 0.05) is 31.9 Å². The van der Waals surface area contributed by atoms with Gasteiger partial charge in [-0.05, 0) is 92.1 Å². The van der Waals surface area contributed by atoms with E-state index in [4.69, 9.17) is 14.2 Å². The Hall–Kier alpha value is -4.85. The van der Waals surface area contributed by atoms with Crippen LogP contribution in [0.5, 0.6) is 23.0 Å². The molecule has 0 saturated carbocycles.